The van der Waals surface area contributed by atoms with Gasteiger partial charge in [-0.05, 0) is 42.5 Å². The number of amides is 1. The summed E-state index contributed by atoms with van der Waals surface area (Å²) < 4.78 is 10.3. The van der Waals surface area contributed by atoms with Crippen LogP contribution in [-0.4, -0.2) is 29.1 Å². The second kappa shape index (κ2) is 6.88. The summed E-state index contributed by atoms with van der Waals surface area (Å²) in [5.74, 6) is -0.779. The van der Waals surface area contributed by atoms with E-state index < -0.39 is 11.9 Å². The van der Waals surface area contributed by atoms with Gasteiger partial charge in [0.05, 0.1) is 13.4 Å². The molecule has 0 radical (unpaired) electrons. The van der Waals surface area contributed by atoms with Crippen molar-refractivity contribution in [3.05, 3.63) is 66.2 Å². The number of pyridine rings is 1. The van der Waals surface area contributed by atoms with Crippen LogP contribution in [0.15, 0.2) is 59.3 Å². The number of aromatic carboxylic acids is 1. The molecule has 0 fully saturated rings. The molecule has 1 aromatic carbocycles. The third kappa shape index (κ3) is 3.50. The number of carbonyl (C=O) groups is 2. The number of nitrogens with zero attached hydrogens (tertiary/aromatic N) is 1. The van der Waals surface area contributed by atoms with Gasteiger partial charge in [0.2, 0.25) is 0 Å². The molecule has 0 bridgehead atoms. The molecule has 126 valence electrons. The number of furan rings is 1. The summed E-state index contributed by atoms with van der Waals surface area (Å²) in [6.07, 6.45) is 3.05. The summed E-state index contributed by atoms with van der Waals surface area (Å²) >= 11 is 0. The summed E-state index contributed by atoms with van der Waals surface area (Å²) in [5, 5.41) is 11.8. The zero-order valence-electron chi connectivity index (χ0n) is 13.2. The van der Waals surface area contributed by atoms with E-state index in [4.69, 9.17) is 9.15 Å². The fourth-order valence-corrected chi connectivity index (χ4v) is 2.30. The van der Waals surface area contributed by atoms with E-state index in [1.165, 1.54) is 25.4 Å². The van der Waals surface area contributed by atoms with Gasteiger partial charge in [-0.3, -0.25) is 9.78 Å². The quantitative estimate of drug-likeness (QED) is 0.740. The molecule has 0 saturated carbocycles. The van der Waals surface area contributed by atoms with Gasteiger partial charge in [-0.15, -0.1) is 0 Å². The van der Waals surface area contributed by atoms with Crippen molar-refractivity contribution in [1.82, 2.24) is 4.98 Å². The van der Waals surface area contributed by atoms with Gasteiger partial charge in [0, 0.05) is 17.4 Å². The number of carboxylic acids is 1. The van der Waals surface area contributed by atoms with Crippen LogP contribution < -0.4 is 10.1 Å². The van der Waals surface area contributed by atoms with Crippen LogP contribution in [0.4, 0.5) is 5.69 Å². The first kappa shape index (κ1) is 16.3. The zero-order valence-corrected chi connectivity index (χ0v) is 13.2. The number of rotatable bonds is 5. The van der Waals surface area contributed by atoms with E-state index in [2.05, 4.69) is 10.3 Å². The largest absolute Gasteiger partial charge is 0.496 e. The highest BCUT2D eigenvalue weighted by molar-refractivity contribution is 6.04. The third-order valence-corrected chi connectivity index (χ3v) is 3.49. The zero-order chi connectivity index (χ0) is 17.8. The number of hydrogen-bond acceptors (Lipinski definition) is 5. The van der Waals surface area contributed by atoms with E-state index in [9.17, 15) is 14.7 Å². The van der Waals surface area contributed by atoms with E-state index in [0.29, 0.717) is 17.0 Å². The Hall–Kier alpha value is -3.61. The molecule has 7 heteroatoms. The first-order chi connectivity index (χ1) is 12.1. The Bertz CT molecular complexity index is 919. The molecule has 0 spiro atoms. The van der Waals surface area contributed by atoms with E-state index in [-0.39, 0.29) is 17.0 Å². The van der Waals surface area contributed by atoms with Crippen molar-refractivity contribution in [3.8, 4) is 17.1 Å². The molecular weight excluding hydrogens is 324 g/mol. The summed E-state index contributed by atoms with van der Waals surface area (Å²) in [6, 6.07) is 11.2. The molecule has 2 aromatic heterocycles. The molecule has 25 heavy (non-hydrogen) atoms. The van der Waals surface area contributed by atoms with Crippen molar-refractivity contribution in [2.45, 2.75) is 0 Å². The SMILES string of the molecule is COc1ccc(NC(=O)c2cc(-c3ccco3)ccn2)cc1C(=O)O. The third-order valence-electron chi connectivity index (χ3n) is 3.49. The Morgan fingerprint density at radius 1 is 1.20 bits per heavy atom. The fraction of sp³-hybridized carbons (Fsp3) is 0.0556. The van der Waals surface area contributed by atoms with Crippen LogP contribution in [0.2, 0.25) is 0 Å². The van der Waals surface area contributed by atoms with E-state index >= 15 is 0 Å². The van der Waals surface area contributed by atoms with Gasteiger partial charge in [0.25, 0.3) is 5.91 Å². The molecule has 0 aliphatic carbocycles. The Morgan fingerprint density at radius 2 is 2.04 bits per heavy atom. The molecule has 0 atom stereocenters. The Labute approximate surface area is 142 Å². The predicted molar refractivity (Wildman–Crippen MR) is 89.8 cm³/mol. The number of aromatic nitrogens is 1. The number of carboxylic acid groups (broad SMARTS) is 1. The van der Waals surface area contributed by atoms with Crippen molar-refractivity contribution in [1.29, 1.82) is 0 Å². The first-order valence-corrected chi connectivity index (χ1v) is 7.31. The maximum absolute atomic E-state index is 12.4. The molecule has 7 nitrogen and oxygen atoms in total. The molecule has 3 rings (SSSR count). The van der Waals surface area contributed by atoms with Gasteiger partial charge in [-0.2, -0.15) is 0 Å². The summed E-state index contributed by atoms with van der Waals surface area (Å²) in [4.78, 5) is 27.7. The second-order valence-corrected chi connectivity index (χ2v) is 5.08. The maximum Gasteiger partial charge on any atom is 0.339 e. The molecule has 2 N–H and O–H groups in total. The number of methoxy groups -OCH3 is 1. The second-order valence-electron chi connectivity index (χ2n) is 5.08. The van der Waals surface area contributed by atoms with Gasteiger partial charge in [-0.1, -0.05) is 0 Å². The molecule has 0 unspecified atom stereocenters. The number of nitrogens with one attached hydrogen (secondary N) is 1. The highest BCUT2D eigenvalue weighted by atomic mass is 16.5. The minimum Gasteiger partial charge on any atom is -0.496 e. The lowest BCUT2D eigenvalue weighted by molar-refractivity contribution is 0.0693. The Kier molecular flexibility index (Phi) is 4.47. The van der Waals surface area contributed by atoms with Crippen LogP contribution in [0.5, 0.6) is 5.75 Å². The number of ether oxygens (including phenoxy) is 1. The molecule has 2 heterocycles. The number of anilines is 1. The average Bonchev–Trinajstić information content (AvgIpc) is 3.16. The van der Waals surface area contributed by atoms with Crippen LogP contribution >= 0.6 is 0 Å². The summed E-state index contributed by atoms with van der Waals surface area (Å²) in [7, 11) is 1.38. The van der Waals surface area contributed by atoms with Crippen molar-refractivity contribution >= 4 is 17.6 Å². The minimum absolute atomic E-state index is 0.0439. The normalized spacial score (nSPS) is 10.3. The molecule has 0 aliphatic heterocycles. The van der Waals surface area contributed by atoms with E-state index in [1.54, 1.807) is 36.6 Å². The smallest absolute Gasteiger partial charge is 0.339 e. The first-order valence-electron chi connectivity index (χ1n) is 7.31. The van der Waals surface area contributed by atoms with Crippen LogP contribution in [-0.2, 0) is 0 Å². The lowest BCUT2D eigenvalue weighted by Crippen LogP contribution is -2.14. The Morgan fingerprint density at radius 3 is 2.72 bits per heavy atom. The van der Waals surface area contributed by atoms with Crippen LogP contribution in [0.1, 0.15) is 20.8 Å². The van der Waals surface area contributed by atoms with Crippen molar-refractivity contribution in [2.75, 3.05) is 12.4 Å². The number of hydrogen-bond donors (Lipinski definition) is 2. The Balaban J connectivity index is 1.84. The number of carbonyl (C=O) groups excluding carboxylic acids is 1. The molecular formula is C18H14N2O5. The lowest BCUT2D eigenvalue weighted by Gasteiger charge is -2.09. The standard InChI is InChI=1S/C18H14N2O5/c1-24-16-5-4-12(10-13(16)18(22)23)20-17(21)14-9-11(6-7-19-14)15-3-2-8-25-15/h2-10H,1H3,(H,20,21)(H,22,23). The molecule has 0 aliphatic rings. The summed E-state index contributed by atoms with van der Waals surface area (Å²) in [6.45, 7) is 0. The highest BCUT2D eigenvalue weighted by Crippen LogP contribution is 2.24. The van der Waals surface area contributed by atoms with Crippen molar-refractivity contribution in [3.63, 3.8) is 0 Å². The van der Waals surface area contributed by atoms with Gasteiger partial charge in [0.1, 0.15) is 22.8 Å². The lowest BCUT2D eigenvalue weighted by atomic mass is 10.1. The van der Waals surface area contributed by atoms with E-state index in [1.807, 2.05) is 0 Å². The summed E-state index contributed by atoms with van der Waals surface area (Å²) in [5.41, 5.74) is 1.18. The van der Waals surface area contributed by atoms with Gasteiger partial charge in [0.15, 0.2) is 0 Å². The van der Waals surface area contributed by atoms with E-state index in [0.717, 1.165) is 0 Å². The average molecular weight is 338 g/mol. The monoisotopic (exact) mass is 338 g/mol. The van der Waals surface area contributed by atoms with Gasteiger partial charge in [-0.25, -0.2) is 4.79 Å². The molecule has 3 aromatic rings. The van der Waals surface area contributed by atoms with Crippen molar-refractivity contribution in [2.24, 2.45) is 0 Å². The topological polar surface area (TPSA) is 102 Å². The minimum atomic E-state index is -1.15. The van der Waals surface area contributed by atoms with Crippen LogP contribution in [0, 0.1) is 0 Å². The molecule has 1 amide bonds. The predicted octanol–water partition coefficient (Wildman–Crippen LogP) is 3.30. The molecule has 0 saturated heterocycles. The van der Waals surface area contributed by atoms with Crippen LogP contribution in [0.3, 0.4) is 0 Å². The maximum atomic E-state index is 12.4. The number of benzene rings is 1. The van der Waals surface area contributed by atoms with Gasteiger partial charge < -0.3 is 19.6 Å². The van der Waals surface area contributed by atoms with Gasteiger partial charge >= 0.3 is 5.97 Å². The highest BCUT2D eigenvalue weighted by Gasteiger charge is 2.14. The fourth-order valence-electron chi connectivity index (χ4n) is 2.30. The van der Waals surface area contributed by atoms with Crippen molar-refractivity contribution < 1.29 is 23.8 Å². The van der Waals surface area contributed by atoms with Crippen LogP contribution in [0.25, 0.3) is 11.3 Å².